The Labute approximate surface area is 186 Å². The van der Waals surface area contributed by atoms with Crippen LogP contribution >= 0.6 is 0 Å². The molecule has 2 aromatic rings. The first-order valence-corrected chi connectivity index (χ1v) is 10.4. The normalized spacial score (nSPS) is 15.4. The molecule has 2 amide bonds. The second kappa shape index (κ2) is 10.8. The number of nitrogens with zero attached hydrogens (tertiary/aromatic N) is 2. The molecule has 1 aliphatic rings. The number of carbonyl (C=O) groups is 2. The van der Waals surface area contributed by atoms with E-state index < -0.39 is 30.6 Å². The zero-order chi connectivity index (χ0) is 23.1. The van der Waals surface area contributed by atoms with Gasteiger partial charge in [0, 0.05) is 43.0 Å². The van der Waals surface area contributed by atoms with Crippen molar-refractivity contribution < 1.29 is 24.2 Å². The molecule has 0 aliphatic carbocycles. The summed E-state index contributed by atoms with van der Waals surface area (Å²) in [5.41, 5.74) is 2.59. The van der Waals surface area contributed by atoms with Gasteiger partial charge in [0.25, 0.3) is 0 Å². The minimum absolute atomic E-state index is 0.293. The van der Waals surface area contributed by atoms with Crippen LogP contribution in [-0.4, -0.2) is 71.9 Å². The molecule has 2 aromatic carbocycles. The number of rotatable bonds is 5. The van der Waals surface area contributed by atoms with Gasteiger partial charge in [0.05, 0.1) is 6.10 Å². The molecule has 8 heteroatoms. The summed E-state index contributed by atoms with van der Waals surface area (Å²) >= 11 is 0. The van der Waals surface area contributed by atoms with Crippen molar-refractivity contribution in [1.82, 2.24) is 10.2 Å². The highest BCUT2D eigenvalue weighted by molar-refractivity contribution is 5.89. The zero-order valence-corrected chi connectivity index (χ0v) is 17.8. The summed E-state index contributed by atoms with van der Waals surface area (Å²) in [5, 5.41) is 21.2. The molecule has 1 heterocycles. The molecule has 3 rings (SSSR count). The lowest BCUT2D eigenvalue weighted by molar-refractivity contribution is -0.125. The predicted molar refractivity (Wildman–Crippen MR) is 119 cm³/mol. The molecule has 32 heavy (non-hydrogen) atoms. The Balaban J connectivity index is 1.54. The largest absolute Gasteiger partial charge is 0.391 e. The van der Waals surface area contributed by atoms with Crippen LogP contribution in [0.25, 0.3) is 0 Å². The van der Waals surface area contributed by atoms with Crippen molar-refractivity contribution in [3.8, 4) is 11.8 Å². The van der Waals surface area contributed by atoms with E-state index in [4.69, 9.17) is 5.11 Å². The van der Waals surface area contributed by atoms with Gasteiger partial charge >= 0.3 is 6.03 Å². The summed E-state index contributed by atoms with van der Waals surface area (Å²) in [6, 6.07) is 12.2. The van der Waals surface area contributed by atoms with E-state index in [9.17, 15) is 19.1 Å². The van der Waals surface area contributed by atoms with Crippen molar-refractivity contribution in [1.29, 1.82) is 0 Å². The second-order valence-corrected chi connectivity index (χ2v) is 7.57. The molecular weight excluding hydrogens is 413 g/mol. The third kappa shape index (κ3) is 6.06. The number of amides is 2. The van der Waals surface area contributed by atoms with Gasteiger partial charge in [-0.3, -0.25) is 4.79 Å². The fourth-order valence-corrected chi connectivity index (χ4v) is 3.39. The average molecular weight is 439 g/mol. The summed E-state index contributed by atoms with van der Waals surface area (Å²) in [4.78, 5) is 27.9. The molecule has 7 nitrogen and oxygen atoms in total. The topological polar surface area (TPSA) is 93.1 Å². The van der Waals surface area contributed by atoms with Crippen LogP contribution in [0, 0.1) is 17.7 Å². The van der Waals surface area contributed by atoms with Gasteiger partial charge in [-0.1, -0.05) is 11.8 Å². The van der Waals surface area contributed by atoms with Crippen molar-refractivity contribution in [2.75, 3.05) is 37.7 Å². The van der Waals surface area contributed by atoms with Crippen molar-refractivity contribution in [2.45, 2.75) is 19.1 Å². The molecule has 3 N–H and O–H groups in total. The quantitative estimate of drug-likeness (QED) is 0.612. The molecule has 0 spiro atoms. The van der Waals surface area contributed by atoms with E-state index in [-0.39, 0.29) is 5.82 Å². The number of aliphatic hydroxyl groups excluding tert-OH is 2. The Hall–Kier alpha value is -3.41. The minimum atomic E-state index is -1.13. The summed E-state index contributed by atoms with van der Waals surface area (Å²) in [5.74, 6) is 5.14. The van der Waals surface area contributed by atoms with E-state index >= 15 is 0 Å². The summed E-state index contributed by atoms with van der Waals surface area (Å²) in [7, 11) is 0. The molecule has 2 atom stereocenters. The number of hydrogen-bond donors (Lipinski definition) is 3. The maximum absolute atomic E-state index is 13.0. The first kappa shape index (κ1) is 23.3. The maximum atomic E-state index is 13.0. The number of halogens is 1. The highest BCUT2D eigenvalue weighted by Gasteiger charge is 2.28. The van der Waals surface area contributed by atoms with E-state index in [0.29, 0.717) is 26.2 Å². The van der Waals surface area contributed by atoms with Gasteiger partial charge in [-0.05, 0) is 55.5 Å². The molecule has 0 aromatic heterocycles. The lowest BCUT2D eigenvalue weighted by atomic mass is 10.1. The van der Waals surface area contributed by atoms with Gasteiger partial charge in [-0.15, -0.1) is 0 Å². The summed E-state index contributed by atoms with van der Waals surface area (Å²) < 4.78 is 13.0. The van der Waals surface area contributed by atoms with Gasteiger partial charge in [-0.25, -0.2) is 9.18 Å². The van der Waals surface area contributed by atoms with Crippen LogP contribution < -0.4 is 10.2 Å². The van der Waals surface area contributed by atoms with E-state index in [2.05, 4.69) is 22.1 Å². The number of nitrogens with one attached hydrogen (secondary N) is 1. The van der Waals surface area contributed by atoms with E-state index in [0.717, 1.165) is 16.8 Å². The number of benzene rings is 2. The van der Waals surface area contributed by atoms with Crippen molar-refractivity contribution in [3.05, 3.63) is 65.5 Å². The van der Waals surface area contributed by atoms with Gasteiger partial charge in [0.15, 0.2) is 5.78 Å². The number of urea groups is 1. The third-order valence-corrected chi connectivity index (χ3v) is 5.26. The number of aliphatic hydroxyl groups is 2. The number of hydrogen-bond acceptors (Lipinski definition) is 5. The molecule has 0 unspecified atom stereocenters. The van der Waals surface area contributed by atoms with Gasteiger partial charge in [-0.2, -0.15) is 0 Å². The van der Waals surface area contributed by atoms with Crippen LogP contribution in [0.4, 0.5) is 14.9 Å². The molecule has 1 aliphatic heterocycles. The standard InChI is InChI=1S/C24H26FN3O4/c1-17(30)23(22(31)16-29)26-24(32)28-14-12-27(13-15-28)21-10-6-19(7-11-21)3-2-18-4-8-20(25)9-5-18/h4-11,17,23,29-30H,12-16H2,1H3,(H,26,32)/t17-,23+/m0/s1. The Morgan fingerprint density at radius 3 is 2.03 bits per heavy atom. The second-order valence-electron chi connectivity index (χ2n) is 7.57. The Kier molecular flexibility index (Phi) is 7.82. The van der Waals surface area contributed by atoms with Crippen LogP contribution in [-0.2, 0) is 4.79 Å². The lowest BCUT2D eigenvalue weighted by Crippen LogP contribution is -2.57. The Bertz CT molecular complexity index is 989. The highest BCUT2D eigenvalue weighted by Crippen LogP contribution is 2.17. The van der Waals surface area contributed by atoms with Crippen LogP contribution in [0.5, 0.6) is 0 Å². The summed E-state index contributed by atoms with van der Waals surface area (Å²) in [6.45, 7) is 2.79. The fraction of sp³-hybridized carbons (Fsp3) is 0.333. The number of piperazine rings is 1. The van der Waals surface area contributed by atoms with Crippen molar-refractivity contribution in [2.24, 2.45) is 0 Å². The smallest absolute Gasteiger partial charge is 0.318 e. The van der Waals surface area contributed by atoms with Crippen LogP contribution in [0.1, 0.15) is 18.1 Å². The zero-order valence-electron chi connectivity index (χ0n) is 17.8. The molecule has 1 saturated heterocycles. The van der Waals surface area contributed by atoms with Crippen LogP contribution in [0.3, 0.4) is 0 Å². The average Bonchev–Trinajstić information content (AvgIpc) is 2.82. The molecule has 0 bridgehead atoms. The molecule has 0 radical (unpaired) electrons. The maximum Gasteiger partial charge on any atom is 0.318 e. The highest BCUT2D eigenvalue weighted by atomic mass is 19.1. The van der Waals surface area contributed by atoms with Crippen LogP contribution in [0.15, 0.2) is 48.5 Å². The SMILES string of the molecule is C[C@H](O)[C@@H](NC(=O)N1CCN(c2ccc(C#Cc3ccc(F)cc3)cc2)CC1)C(=O)CO. The van der Waals surface area contributed by atoms with E-state index in [1.807, 2.05) is 24.3 Å². The Morgan fingerprint density at radius 1 is 1.00 bits per heavy atom. The number of Topliss-reactive ketones (excluding diaryl/α,β-unsaturated/α-hetero) is 1. The van der Waals surface area contributed by atoms with Gasteiger partial charge < -0.3 is 25.3 Å². The minimum Gasteiger partial charge on any atom is -0.391 e. The van der Waals surface area contributed by atoms with Crippen LogP contribution in [0.2, 0.25) is 0 Å². The lowest BCUT2D eigenvalue weighted by Gasteiger charge is -2.36. The van der Waals surface area contributed by atoms with Gasteiger partial charge in [0.1, 0.15) is 18.5 Å². The van der Waals surface area contributed by atoms with E-state index in [1.165, 1.54) is 19.1 Å². The van der Waals surface area contributed by atoms with Crippen molar-refractivity contribution >= 4 is 17.5 Å². The number of ketones is 1. The molecular formula is C24H26FN3O4. The first-order valence-electron chi connectivity index (χ1n) is 10.4. The molecule has 1 fully saturated rings. The fourth-order valence-electron chi connectivity index (χ4n) is 3.39. The third-order valence-electron chi connectivity index (χ3n) is 5.26. The van der Waals surface area contributed by atoms with E-state index in [1.54, 1.807) is 17.0 Å². The predicted octanol–water partition coefficient (Wildman–Crippen LogP) is 1.37. The molecule has 168 valence electrons. The molecule has 0 saturated carbocycles. The summed E-state index contributed by atoms with van der Waals surface area (Å²) in [6.07, 6.45) is -1.09. The first-order chi connectivity index (χ1) is 15.4. The monoisotopic (exact) mass is 439 g/mol. The van der Waals surface area contributed by atoms with Gasteiger partial charge in [0.2, 0.25) is 0 Å². The number of anilines is 1. The van der Waals surface area contributed by atoms with Crippen molar-refractivity contribution in [3.63, 3.8) is 0 Å². The number of carbonyl (C=O) groups excluding carboxylic acids is 2. The Morgan fingerprint density at radius 2 is 1.53 bits per heavy atom.